The lowest BCUT2D eigenvalue weighted by atomic mass is 10.00. The molecular weight excluding hydrogens is 535 g/mol. The Balaban J connectivity index is 1.43. The van der Waals surface area contributed by atoms with Crippen LogP contribution in [0.15, 0.2) is 66.7 Å². The number of esters is 1. The van der Waals surface area contributed by atoms with Gasteiger partial charge < -0.3 is 20.5 Å². The average molecular weight is 556 g/mol. The van der Waals surface area contributed by atoms with Crippen LogP contribution in [0.4, 0.5) is 13.2 Å². The van der Waals surface area contributed by atoms with Crippen LogP contribution in [0.1, 0.15) is 49.0 Å². The van der Waals surface area contributed by atoms with Crippen molar-refractivity contribution in [3.8, 4) is 5.75 Å². The summed E-state index contributed by atoms with van der Waals surface area (Å²) in [6.07, 6.45) is -6.52. The maximum atomic E-state index is 13.6. The van der Waals surface area contributed by atoms with E-state index >= 15 is 0 Å². The highest BCUT2D eigenvalue weighted by Gasteiger charge is 2.44. The number of fused-ring (bicyclic) bond motifs is 2. The van der Waals surface area contributed by atoms with Crippen molar-refractivity contribution >= 4 is 39.2 Å². The van der Waals surface area contributed by atoms with Crippen molar-refractivity contribution in [1.29, 1.82) is 0 Å². The molecule has 0 aliphatic carbocycles. The first-order valence-electron chi connectivity index (χ1n) is 11.7. The summed E-state index contributed by atoms with van der Waals surface area (Å²) in [5, 5.41) is 2.92. The fourth-order valence-corrected chi connectivity index (χ4v) is 5.02. The molecule has 12 heteroatoms. The number of ketones is 1. The van der Waals surface area contributed by atoms with E-state index in [-0.39, 0.29) is 28.5 Å². The van der Waals surface area contributed by atoms with Crippen LogP contribution in [-0.2, 0) is 16.1 Å². The van der Waals surface area contributed by atoms with Crippen molar-refractivity contribution in [3.63, 3.8) is 0 Å². The number of thiazole rings is 1. The molecule has 4 aromatic rings. The summed E-state index contributed by atoms with van der Waals surface area (Å²) in [7, 11) is 0. The minimum absolute atomic E-state index is 0.0352. The molecular formula is C27H20F3N3O5S. The molecule has 2 atom stereocenters. The van der Waals surface area contributed by atoms with Crippen LogP contribution in [0, 0.1) is 0 Å². The number of nitrogens with zero attached hydrogens (tertiary/aromatic N) is 1. The van der Waals surface area contributed by atoms with Gasteiger partial charge in [0.25, 0.3) is 5.91 Å². The molecule has 1 aliphatic heterocycles. The summed E-state index contributed by atoms with van der Waals surface area (Å²) in [6, 6.07) is 17.1. The molecule has 0 radical (unpaired) electrons. The first-order valence-corrected chi connectivity index (χ1v) is 12.5. The maximum absolute atomic E-state index is 13.6. The summed E-state index contributed by atoms with van der Waals surface area (Å²) in [6.45, 7) is -0.0329. The lowest BCUT2D eigenvalue weighted by Gasteiger charge is -2.18. The lowest BCUT2D eigenvalue weighted by Crippen LogP contribution is -2.34. The molecule has 1 aromatic heterocycles. The largest absolute Gasteiger partial charge is 0.490 e. The van der Waals surface area contributed by atoms with Gasteiger partial charge in [-0.05, 0) is 41.5 Å². The molecule has 0 saturated heterocycles. The fraction of sp³-hybridized carbons (Fsp3) is 0.185. The zero-order valence-corrected chi connectivity index (χ0v) is 20.8. The number of carbonyl (C=O) groups is 3. The number of nitrogens with one attached hydrogen (secondary N) is 1. The van der Waals surface area contributed by atoms with Crippen LogP contribution in [0.25, 0.3) is 10.2 Å². The number of benzene rings is 3. The smallest absolute Gasteiger partial charge is 0.489 e. The van der Waals surface area contributed by atoms with Gasteiger partial charge >= 0.3 is 12.1 Å². The van der Waals surface area contributed by atoms with Gasteiger partial charge in [0.15, 0.2) is 11.1 Å². The van der Waals surface area contributed by atoms with Crippen molar-refractivity contribution in [1.82, 2.24) is 10.3 Å². The summed E-state index contributed by atoms with van der Waals surface area (Å²) in [4.78, 5) is 42.7. The molecule has 0 saturated carbocycles. The number of ether oxygens (including phenoxy) is 2. The first kappa shape index (κ1) is 26.3. The Labute approximate surface area is 223 Å². The van der Waals surface area contributed by atoms with Gasteiger partial charge in [-0.2, -0.15) is 13.2 Å². The van der Waals surface area contributed by atoms with E-state index in [1.165, 1.54) is 29.5 Å². The Morgan fingerprint density at radius 3 is 2.54 bits per heavy atom. The second-order valence-corrected chi connectivity index (χ2v) is 9.69. The van der Waals surface area contributed by atoms with Gasteiger partial charge in [0.05, 0.1) is 10.2 Å². The predicted molar refractivity (Wildman–Crippen MR) is 135 cm³/mol. The number of nitrogens with two attached hydrogens (primary N) is 1. The summed E-state index contributed by atoms with van der Waals surface area (Å²) >= 11 is 1.19. The van der Waals surface area contributed by atoms with Gasteiger partial charge in [0.1, 0.15) is 18.4 Å². The molecule has 2 heterocycles. The van der Waals surface area contributed by atoms with E-state index in [2.05, 4.69) is 15.0 Å². The monoisotopic (exact) mass is 555 g/mol. The van der Waals surface area contributed by atoms with Crippen LogP contribution in [0.2, 0.25) is 0 Å². The van der Waals surface area contributed by atoms with Gasteiger partial charge in [-0.3, -0.25) is 9.59 Å². The molecule has 39 heavy (non-hydrogen) atoms. The van der Waals surface area contributed by atoms with E-state index in [1.54, 1.807) is 36.4 Å². The second kappa shape index (κ2) is 10.5. The zero-order chi connectivity index (χ0) is 27.7. The third-order valence-corrected chi connectivity index (χ3v) is 7.13. The molecule has 0 spiro atoms. The Bertz CT molecular complexity index is 1540. The molecule has 0 bridgehead atoms. The maximum Gasteiger partial charge on any atom is 0.490 e. The summed E-state index contributed by atoms with van der Waals surface area (Å²) in [5.41, 5.74) is 7.80. The Kier molecular flexibility index (Phi) is 7.06. The zero-order valence-electron chi connectivity index (χ0n) is 20.0. The molecule has 1 aliphatic rings. The predicted octanol–water partition coefficient (Wildman–Crippen LogP) is 4.65. The molecule has 5 rings (SSSR count). The molecule has 200 valence electrons. The van der Waals surface area contributed by atoms with Gasteiger partial charge in [-0.25, -0.2) is 9.78 Å². The second-order valence-electron chi connectivity index (χ2n) is 8.66. The fourth-order valence-electron chi connectivity index (χ4n) is 4.08. The standard InChI is InChI=1S/C27H20F3N3O5S/c28-27(29,30)26(36)38-20-13-37-19-10-9-16(11-17(19)20)24(35)33-22(15-7-5-14(12-31)6-8-15)23(34)25-32-18-3-1-2-4-21(18)39-25/h1-11,20,22H,12-13,31H2,(H,33,35). The number of hydrogen-bond acceptors (Lipinski definition) is 8. The number of alkyl halides is 3. The van der Waals surface area contributed by atoms with Crippen LogP contribution >= 0.6 is 11.3 Å². The van der Waals surface area contributed by atoms with E-state index in [1.807, 2.05) is 12.1 Å². The van der Waals surface area contributed by atoms with Crippen LogP contribution in [-0.4, -0.2) is 35.4 Å². The normalized spacial score (nSPS) is 15.3. The average Bonchev–Trinajstić information content (AvgIpc) is 3.55. The van der Waals surface area contributed by atoms with Crippen LogP contribution < -0.4 is 15.8 Å². The summed E-state index contributed by atoms with van der Waals surface area (Å²) < 4.78 is 48.8. The quantitative estimate of drug-likeness (QED) is 0.252. The first-order chi connectivity index (χ1) is 18.6. The number of para-hydroxylation sites is 1. The number of hydrogen-bond donors (Lipinski definition) is 2. The highest BCUT2D eigenvalue weighted by molar-refractivity contribution is 7.20. The van der Waals surface area contributed by atoms with Crippen molar-refractivity contribution in [2.24, 2.45) is 5.73 Å². The highest BCUT2D eigenvalue weighted by atomic mass is 32.1. The lowest BCUT2D eigenvalue weighted by molar-refractivity contribution is -0.205. The molecule has 2 unspecified atom stereocenters. The van der Waals surface area contributed by atoms with E-state index in [0.717, 1.165) is 10.3 Å². The highest BCUT2D eigenvalue weighted by Crippen LogP contribution is 2.37. The van der Waals surface area contributed by atoms with Gasteiger partial charge in [0.2, 0.25) is 5.78 Å². The molecule has 1 amide bonds. The van der Waals surface area contributed by atoms with Crippen molar-refractivity contribution in [2.75, 3.05) is 6.61 Å². The number of carbonyl (C=O) groups excluding carboxylic acids is 3. The molecule has 3 N–H and O–H groups in total. The van der Waals surface area contributed by atoms with Crippen molar-refractivity contribution in [2.45, 2.75) is 24.9 Å². The summed E-state index contributed by atoms with van der Waals surface area (Å²) in [5.74, 6) is -3.29. The third kappa shape index (κ3) is 5.47. The van der Waals surface area contributed by atoms with E-state index < -0.39 is 36.0 Å². The molecule has 8 nitrogen and oxygen atoms in total. The van der Waals surface area contributed by atoms with E-state index in [0.29, 0.717) is 17.6 Å². The Hall–Kier alpha value is -4.29. The van der Waals surface area contributed by atoms with E-state index in [4.69, 9.17) is 10.5 Å². The molecule has 3 aromatic carbocycles. The van der Waals surface area contributed by atoms with Crippen LogP contribution in [0.5, 0.6) is 5.75 Å². The number of amides is 1. The van der Waals surface area contributed by atoms with Crippen LogP contribution in [0.3, 0.4) is 0 Å². The number of rotatable bonds is 7. The third-order valence-electron chi connectivity index (χ3n) is 6.08. The Morgan fingerprint density at radius 2 is 1.85 bits per heavy atom. The SMILES string of the molecule is NCc1ccc(C(NC(=O)c2ccc3c(c2)C(OC(=O)C(F)(F)F)CO3)C(=O)c2nc3ccccc3s2)cc1. The van der Waals surface area contributed by atoms with Crippen molar-refractivity contribution < 1.29 is 37.0 Å². The van der Waals surface area contributed by atoms with Gasteiger partial charge in [-0.15, -0.1) is 11.3 Å². The molecule has 0 fully saturated rings. The number of aromatic nitrogens is 1. The van der Waals surface area contributed by atoms with Gasteiger partial charge in [-0.1, -0.05) is 36.4 Å². The topological polar surface area (TPSA) is 121 Å². The Morgan fingerprint density at radius 1 is 1.10 bits per heavy atom. The minimum atomic E-state index is -5.18. The van der Waals surface area contributed by atoms with Gasteiger partial charge in [0, 0.05) is 17.7 Å². The van der Waals surface area contributed by atoms with Crippen molar-refractivity contribution in [3.05, 3.63) is 94.0 Å². The number of halogens is 3. The minimum Gasteiger partial charge on any atom is -0.489 e. The van der Waals surface area contributed by atoms with E-state index in [9.17, 15) is 27.6 Å². The number of Topliss-reactive ketones (excluding diaryl/α,β-unsaturated/α-hetero) is 1.